The molecule has 3 N–H and O–H groups in total. The maximum atomic E-state index is 12.9. The number of nitrogens with two attached hydrogens (primary N) is 1. The second kappa shape index (κ2) is 7.28. The first-order valence-electron chi connectivity index (χ1n) is 7.65. The molecule has 0 spiro atoms. The summed E-state index contributed by atoms with van der Waals surface area (Å²) in [6, 6.07) is 3.16. The average Bonchev–Trinajstić information content (AvgIpc) is 2.58. The Labute approximate surface area is 164 Å². The summed E-state index contributed by atoms with van der Waals surface area (Å²) in [4.78, 5) is 47.7. The van der Waals surface area contributed by atoms with Gasteiger partial charge in [0.15, 0.2) is 5.69 Å². The van der Waals surface area contributed by atoms with Crippen molar-refractivity contribution < 1.29 is 32.6 Å². The predicted octanol–water partition coefficient (Wildman–Crippen LogP) is 1.41. The minimum atomic E-state index is -5.05. The van der Waals surface area contributed by atoms with Crippen LogP contribution in [0, 0.1) is 0 Å². The number of carboxylic acids is 1. The molecule has 2 aromatic rings. The quantitative estimate of drug-likeness (QED) is 0.547. The van der Waals surface area contributed by atoms with E-state index in [0.29, 0.717) is 0 Å². The molecule has 0 saturated heterocycles. The van der Waals surface area contributed by atoms with Crippen molar-refractivity contribution in [2.75, 3.05) is 5.84 Å². The second-order valence-electron chi connectivity index (χ2n) is 6.22. The zero-order valence-corrected chi connectivity index (χ0v) is 15.5. The van der Waals surface area contributed by atoms with Crippen LogP contribution in [0.2, 0.25) is 5.02 Å². The van der Waals surface area contributed by atoms with Crippen molar-refractivity contribution in [3.05, 3.63) is 61.4 Å². The van der Waals surface area contributed by atoms with Crippen LogP contribution in [-0.2, 0) is 15.7 Å². The number of nitrogens with zero attached hydrogens (tertiary/aromatic N) is 2. The van der Waals surface area contributed by atoms with E-state index in [1.54, 1.807) is 0 Å². The first kappa shape index (κ1) is 22.0. The summed E-state index contributed by atoms with van der Waals surface area (Å²) in [6.07, 6.45) is -5.05. The van der Waals surface area contributed by atoms with E-state index < -0.39 is 46.2 Å². The number of halogens is 4. The molecule has 13 heteroatoms. The van der Waals surface area contributed by atoms with Crippen LogP contribution >= 0.6 is 11.6 Å². The molecular weight excluding hydrogens is 423 g/mol. The van der Waals surface area contributed by atoms with Gasteiger partial charge in [-0.2, -0.15) is 13.2 Å². The highest BCUT2D eigenvalue weighted by Crippen LogP contribution is 2.27. The number of rotatable bonds is 4. The van der Waals surface area contributed by atoms with Crippen LogP contribution < -0.4 is 17.1 Å². The first-order chi connectivity index (χ1) is 13.2. The van der Waals surface area contributed by atoms with Gasteiger partial charge in [-0.25, -0.2) is 23.6 Å². The zero-order chi connectivity index (χ0) is 22.3. The minimum absolute atomic E-state index is 0.113. The first-order valence-corrected chi connectivity index (χ1v) is 8.02. The third kappa shape index (κ3) is 4.26. The molecular formula is C16H13ClF3N3O6. The molecule has 156 valence electrons. The fraction of sp³-hybridized carbons (Fsp3) is 0.250. The van der Waals surface area contributed by atoms with Crippen LogP contribution in [0.3, 0.4) is 0 Å². The Kier molecular flexibility index (Phi) is 5.52. The van der Waals surface area contributed by atoms with Crippen molar-refractivity contribution in [1.29, 1.82) is 0 Å². The lowest BCUT2D eigenvalue weighted by Gasteiger charge is -2.20. The molecule has 0 saturated carbocycles. The molecule has 0 aliphatic carbocycles. The number of benzene rings is 1. The number of esters is 1. The van der Waals surface area contributed by atoms with Gasteiger partial charge >= 0.3 is 23.8 Å². The number of hydrogen-bond donors (Lipinski definition) is 2. The summed E-state index contributed by atoms with van der Waals surface area (Å²) >= 11 is 5.89. The summed E-state index contributed by atoms with van der Waals surface area (Å²) in [7, 11) is 0. The number of carbonyl (C=O) groups excluding carboxylic acids is 1. The molecule has 0 fully saturated rings. The molecule has 0 radical (unpaired) electrons. The number of aromatic nitrogens is 2. The van der Waals surface area contributed by atoms with Crippen LogP contribution in [0.1, 0.15) is 29.9 Å². The molecule has 0 amide bonds. The summed E-state index contributed by atoms with van der Waals surface area (Å²) in [5, 5.41) is 8.81. The van der Waals surface area contributed by atoms with Crippen molar-refractivity contribution in [2.24, 2.45) is 0 Å². The van der Waals surface area contributed by atoms with Crippen LogP contribution in [0.4, 0.5) is 13.2 Å². The van der Waals surface area contributed by atoms with Crippen molar-refractivity contribution in [3.8, 4) is 5.69 Å². The van der Waals surface area contributed by atoms with Gasteiger partial charge in [0, 0.05) is 6.07 Å². The van der Waals surface area contributed by atoms with E-state index in [2.05, 4.69) is 0 Å². The van der Waals surface area contributed by atoms with Crippen LogP contribution in [0.25, 0.3) is 5.69 Å². The van der Waals surface area contributed by atoms with Crippen LogP contribution in [0.5, 0.6) is 0 Å². The van der Waals surface area contributed by atoms with Gasteiger partial charge in [-0.3, -0.25) is 4.79 Å². The van der Waals surface area contributed by atoms with Crippen molar-refractivity contribution in [3.63, 3.8) is 0 Å². The minimum Gasteiger partial charge on any atom is -0.478 e. The number of carboxylic acid groups (broad SMARTS) is 1. The highest BCUT2D eigenvalue weighted by atomic mass is 35.5. The molecule has 0 aliphatic heterocycles. The van der Waals surface area contributed by atoms with Gasteiger partial charge in [-0.15, -0.1) is 0 Å². The van der Waals surface area contributed by atoms with E-state index >= 15 is 0 Å². The van der Waals surface area contributed by atoms with Gasteiger partial charge < -0.3 is 15.7 Å². The Morgan fingerprint density at radius 2 is 1.76 bits per heavy atom. The second-order valence-corrected chi connectivity index (χ2v) is 6.63. The molecule has 29 heavy (non-hydrogen) atoms. The van der Waals surface area contributed by atoms with Crippen LogP contribution in [-0.4, -0.2) is 31.9 Å². The topological polar surface area (TPSA) is 134 Å². The highest BCUT2D eigenvalue weighted by Gasteiger charge is 2.36. The highest BCUT2D eigenvalue weighted by molar-refractivity contribution is 6.33. The lowest BCUT2D eigenvalue weighted by Crippen LogP contribution is -2.45. The molecule has 0 atom stereocenters. The zero-order valence-electron chi connectivity index (χ0n) is 14.8. The Hall–Kier alpha value is -3.28. The molecule has 1 heterocycles. The maximum Gasteiger partial charge on any atom is 0.433 e. The smallest absolute Gasteiger partial charge is 0.433 e. The number of aliphatic carboxylic acids is 1. The Bertz CT molecular complexity index is 1120. The Balaban J connectivity index is 2.63. The number of nitrogen functional groups attached to an aromatic ring is 1. The van der Waals surface area contributed by atoms with Gasteiger partial charge in [-0.05, 0) is 32.0 Å². The lowest BCUT2D eigenvalue weighted by atomic mass is 10.1. The van der Waals surface area contributed by atoms with E-state index in [9.17, 15) is 32.3 Å². The lowest BCUT2D eigenvalue weighted by molar-refractivity contribution is -0.155. The molecule has 0 unspecified atom stereocenters. The van der Waals surface area contributed by atoms with Crippen LogP contribution in [0.15, 0.2) is 33.9 Å². The SMILES string of the molecule is CC(C)(OC(=O)c1cc(-n2c(=O)cc(C(F)(F)F)n(N)c2=O)ccc1Cl)C(=O)O. The van der Waals surface area contributed by atoms with Crippen molar-refractivity contribution in [2.45, 2.75) is 25.6 Å². The third-order valence-corrected chi connectivity index (χ3v) is 4.05. The monoisotopic (exact) mass is 435 g/mol. The Morgan fingerprint density at radius 3 is 2.28 bits per heavy atom. The van der Waals surface area contributed by atoms with E-state index in [0.717, 1.165) is 32.0 Å². The van der Waals surface area contributed by atoms with Crippen molar-refractivity contribution >= 4 is 23.5 Å². The Morgan fingerprint density at radius 1 is 1.17 bits per heavy atom. The molecule has 9 nitrogen and oxygen atoms in total. The van der Waals surface area contributed by atoms with Gasteiger partial charge in [0.25, 0.3) is 5.56 Å². The molecule has 1 aromatic carbocycles. The molecule has 0 aliphatic rings. The summed E-state index contributed by atoms with van der Waals surface area (Å²) in [6.45, 7) is 2.19. The fourth-order valence-electron chi connectivity index (χ4n) is 2.15. The van der Waals surface area contributed by atoms with E-state index in [4.69, 9.17) is 27.3 Å². The predicted molar refractivity (Wildman–Crippen MR) is 93.6 cm³/mol. The summed E-state index contributed by atoms with van der Waals surface area (Å²) < 4.78 is 43.5. The molecule has 1 aromatic heterocycles. The van der Waals surface area contributed by atoms with E-state index in [1.165, 1.54) is 0 Å². The summed E-state index contributed by atoms with van der Waals surface area (Å²) in [5.74, 6) is 2.51. The van der Waals surface area contributed by atoms with E-state index in [1.807, 2.05) is 0 Å². The number of carbonyl (C=O) groups is 2. The van der Waals surface area contributed by atoms with Gasteiger partial charge in [0.05, 0.1) is 16.3 Å². The summed E-state index contributed by atoms with van der Waals surface area (Å²) in [5.41, 5.74) is -7.24. The fourth-order valence-corrected chi connectivity index (χ4v) is 2.35. The van der Waals surface area contributed by atoms with Gasteiger partial charge in [0.2, 0.25) is 5.60 Å². The third-order valence-electron chi connectivity index (χ3n) is 3.72. The van der Waals surface area contributed by atoms with Gasteiger partial charge in [-0.1, -0.05) is 11.6 Å². The normalized spacial score (nSPS) is 11.9. The number of alkyl halides is 3. The van der Waals surface area contributed by atoms with E-state index in [-0.39, 0.29) is 26.0 Å². The standard InChI is InChI=1S/C16H13ClF3N3O6/c1-15(2,13(26)27)29-12(25)8-5-7(3-4-9(8)17)22-11(24)6-10(16(18,19)20)23(21)14(22)28/h3-6H,21H2,1-2H3,(H,26,27). The number of ether oxygens (including phenoxy) is 1. The molecule has 0 bridgehead atoms. The van der Waals surface area contributed by atoms with Crippen molar-refractivity contribution in [1.82, 2.24) is 9.24 Å². The average molecular weight is 436 g/mol. The van der Waals surface area contributed by atoms with Gasteiger partial charge in [0.1, 0.15) is 0 Å². The molecule has 2 rings (SSSR count). The maximum absolute atomic E-state index is 12.9. The number of hydrogen-bond acceptors (Lipinski definition) is 6. The largest absolute Gasteiger partial charge is 0.478 e.